The largest absolute Gasteiger partial charge is 0.452 e. The maximum atomic E-state index is 12.6. The third-order valence-corrected chi connectivity index (χ3v) is 6.16. The van der Waals surface area contributed by atoms with Crippen molar-refractivity contribution >= 4 is 40.2 Å². The minimum Gasteiger partial charge on any atom is -0.452 e. The molecule has 1 heterocycles. The van der Waals surface area contributed by atoms with Gasteiger partial charge in [0.25, 0.3) is 17.7 Å². The number of esters is 1. The first-order chi connectivity index (χ1) is 17.4. The van der Waals surface area contributed by atoms with E-state index in [1.165, 1.54) is 24.3 Å². The lowest BCUT2D eigenvalue weighted by Crippen LogP contribution is -2.31. The Hall–Kier alpha value is -4.78. The lowest BCUT2D eigenvalue weighted by Gasteiger charge is -2.17. The van der Waals surface area contributed by atoms with Crippen molar-refractivity contribution in [3.8, 4) is 0 Å². The monoisotopic (exact) mass is 478 g/mol. The maximum absolute atomic E-state index is 12.6. The minimum atomic E-state index is -0.683. The summed E-state index contributed by atoms with van der Waals surface area (Å²) in [6.07, 6.45) is 0. The van der Waals surface area contributed by atoms with Crippen molar-refractivity contribution in [3.05, 3.63) is 113 Å². The van der Waals surface area contributed by atoms with Gasteiger partial charge in [-0.3, -0.25) is 14.4 Å². The highest BCUT2D eigenvalue weighted by molar-refractivity contribution is 6.34. The number of carbonyl (C=O) groups is 4. The van der Waals surface area contributed by atoms with Crippen molar-refractivity contribution in [2.75, 3.05) is 11.5 Å². The number of nitrogens with zero attached hydrogens (tertiary/aromatic N) is 1. The Labute approximate surface area is 207 Å². The Kier molecular flexibility index (Phi) is 6.04. The molecular formula is C29H22N2O5. The molecule has 1 N–H and O–H groups in total. The van der Waals surface area contributed by atoms with Gasteiger partial charge in [-0.1, -0.05) is 54.6 Å². The second kappa shape index (κ2) is 9.46. The highest BCUT2D eigenvalue weighted by Crippen LogP contribution is 2.28. The molecule has 7 heteroatoms. The molecule has 0 aliphatic carbocycles. The maximum Gasteiger partial charge on any atom is 0.338 e. The van der Waals surface area contributed by atoms with Crippen LogP contribution in [-0.4, -0.2) is 30.3 Å². The first kappa shape index (κ1) is 23.0. The zero-order chi connectivity index (χ0) is 25.2. The molecule has 1 atom stereocenters. The fourth-order valence-corrected chi connectivity index (χ4v) is 4.37. The van der Waals surface area contributed by atoms with Gasteiger partial charge in [0.15, 0.2) is 6.61 Å². The van der Waals surface area contributed by atoms with E-state index in [1.54, 1.807) is 24.3 Å². The van der Waals surface area contributed by atoms with Crippen LogP contribution in [0.2, 0.25) is 0 Å². The first-order valence-electron chi connectivity index (χ1n) is 11.5. The van der Waals surface area contributed by atoms with E-state index in [9.17, 15) is 19.2 Å². The molecule has 4 aromatic carbocycles. The predicted molar refractivity (Wildman–Crippen MR) is 135 cm³/mol. The average molecular weight is 479 g/mol. The van der Waals surface area contributed by atoms with E-state index < -0.39 is 30.3 Å². The van der Waals surface area contributed by atoms with Crippen molar-refractivity contribution in [2.45, 2.75) is 13.0 Å². The molecule has 0 radical (unpaired) electrons. The lowest BCUT2D eigenvalue weighted by molar-refractivity contribution is -0.124. The summed E-state index contributed by atoms with van der Waals surface area (Å²) in [4.78, 5) is 51.2. The Bertz CT molecular complexity index is 1470. The van der Waals surface area contributed by atoms with Crippen LogP contribution >= 0.6 is 0 Å². The van der Waals surface area contributed by atoms with Gasteiger partial charge in [-0.25, -0.2) is 9.69 Å². The molecule has 0 spiro atoms. The number of hydrogen-bond donors (Lipinski definition) is 1. The minimum absolute atomic E-state index is 0.199. The second-order valence-electron chi connectivity index (χ2n) is 8.47. The van der Waals surface area contributed by atoms with Crippen LogP contribution in [0.1, 0.15) is 49.6 Å². The number of amides is 3. The van der Waals surface area contributed by atoms with Gasteiger partial charge >= 0.3 is 5.97 Å². The number of fused-ring (bicyclic) bond motifs is 2. The summed E-state index contributed by atoms with van der Waals surface area (Å²) in [5.74, 6) is -1.94. The molecule has 0 bridgehead atoms. The van der Waals surface area contributed by atoms with Gasteiger partial charge in [0.05, 0.1) is 28.4 Å². The van der Waals surface area contributed by atoms with Gasteiger partial charge in [0.2, 0.25) is 0 Å². The van der Waals surface area contributed by atoms with Crippen LogP contribution in [0.4, 0.5) is 5.69 Å². The van der Waals surface area contributed by atoms with Crippen LogP contribution in [-0.2, 0) is 9.53 Å². The van der Waals surface area contributed by atoms with Crippen LogP contribution in [0.3, 0.4) is 0 Å². The van der Waals surface area contributed by atoms with Crippen molar-refractivity contribution < 1.29 is 23.9 Å². The van der Waals surface area contributed by atoms with Crippen LogP contribution in [0.5, 0.6) is 0 Å². The van der Waals surface area contributed by atoms with E-state index in [-0.39, 0.29) is 11.6 Å². The molecule has 7 nitrogen and oxygen atoms in total. The highest BCUT2D eigenvalue weighted by Gasteiger charge is 2.36. The number of ether oxygens (including phenoxy) is 1. The molecular weight excluding hydrogens is 456 g/mol. The summed E-state index contributed by atoms with van der Waals surface area (Å²) >= 11 is 0. The Morgan fingerprint density at radius 2 is 1.42 bits per heavy atom. The van der Waals surface area contributed by atoms with Gasteiger partial charge in [-0.15, -0.1) is 0 Å². The molecule has 5 rings (SSSR count). The number of anilines is 1. The quantitative estimate of drug-likeness (QED) is 0.321. The van der Waals surface area contributed by atoms with Gasteiger partial charge in [-0.05, 0) is 59.7 Å². The van der Waals surface area contributed by atoms with Crippen LogP contribution < -0.4 is 10.2 Å². The Balaban J connectivity index is 1.20. The smallest absolute Gasteiger partial charge is 0.338 e. The average Bonchev–Trinajstić information content (AvgIpc) is 3.16. The third-order valence-electron chi connectivity index (χ3n) is 6.16. The number of benzene rings is 4. The fraction of sp³-hybridized carbons (Fsp3) is 0.103. The molecule has 1 unspecified atom stereocenters. The van der Waals surface area contributed by atoms with E-state index in [0.29, 0.717) is 16.8 Å². The van der Waals surface area contributed by atoms with E-state index in [4.69, 9.17) is 4.74 Å². The van der Waals surface area contributed by atoms with Gasteiger partial charge in [-0.2, -0.15) is 0 Å². The summed E-state index contributed by atoms with van der Waals surface area (Å²) in [5, 5.41) is 4.98. The van der Waals surface area contributed by atoms with Gasteiger partial charge < -0.3 is 10.1 Å². The van der Waals surface area contributed by atoms with Crippen molar-refractivity contribution in [1.82, 2.24) is 5.32 Å². The number of rotatable bonds is 6. The number of hydrogen-bond acceptors (Lipinski definition) is 5. The zero-order valence-electron chi connectivity index (χ0n) is 19.4. The van der Waals surface area contributed by atoms with Crippen LogP contribution in [0, 0.1) is 0 Å². The molecule has 0 fully saturated rings. The molecule has 0 saturated carbocycles. The Morgan fingerprint density at radius 3 is 2.11 bits per heavy atom. The highest BCUT2D eigenvalue weighted by atomic mass is 16.5. The second-order valence-corrected chi connectivity index (χ2v) is 8.47. The van der Waals surface area contributed by atoms with Crippen molar-refractivity contribution in [1.29, 1.82) is 0 Å². The summed E-state index contributed by atoms with van der Waals surface area (Å²) in [6.45, 7) is 1.44. The molecule has 3 amide bonds. The Morgan fingerprint density at radius 1 is 0.806 bits per heavy atom. The van der Waals surface area contributed by atoms with Gasteiger partial charge in [0, 0.05) is 0 Å². The number of nitrogens with one attached hydrogen (secondary N) is 1. The molecule has 0 aromatic heterocycles. The number of imide groups is 1. The van der Waals surface area contributed by atoms with Crippen LogP contribution in [0.25, 0.3) is 10.8 Å². The van der Waals surface area contributed by atoms with E-state index in [1.807, 2.05) is 49.4 Å². The molecule has 178 valence electrons. The van der Waals surface area contributed by atoms with Gasteiger partial charge in [0.1, 0.15) is 0 Å². The van der Waals surface area contributed by atoms with E-state index in [0.717, 1.165) is 21.2 Å². The fourth-order valence-electron chi connectivity index (χ4n) is 4.37. The molecule has 4 aromatic rings. The summed E-state index contributed by atoms with van der Waals surface area (Å²) in [7, 11) is 0. The summed E-state index contributed by atoms with van der Waals surface area (Å²) in [6, 6.07) is 26.1. The molecule has 1 aliphatic heterocycles. The first-order valence-corrected chi connectivity index (χ1v) is 11.5. The van der Waals surface area contributed by atoms with Crippen LogP contribution in [0.15, 0.2) is 91.0 Å². The molecule has 1 aliphatic rings. The number of carbonyl (C=O) groups excluding carboxylic acids is 4. The standard InChI is InChI=1S/C29H22N2O5/c1-18(22-12-6-8-19-7-2-3-9-23(19)22)30-26(32)17-36-29(35)20-13-15-21(16-14-20)31-27(33)24-10-4-5-11-25(24)28(31)34/h2-16,18H,17H2,1H3,(H,30,32). The third kappa shape index (κ3) is 4.22. The summed E-state index contributed by atoms with van der Waals surface area (Å²) in [5.41, 5.74) is 2.20. The molecule has 36 heavy (non-hydrogen) atoms. The van der Waals surface area contributed by atoms with E-state index in [2.05, 4.69) is 5.32 Å². The SMILES string of the molecule is CC(NC(=O)COC(=O)c1ccc(N2C(=O)c3ccccc3C2=O)cc1)c1cccc2ccccc12. The molecule has 0 saturated heterocycles. The van der Waals surface area contributed by atoms with Crippen molar-refractivity contribution in [2.24, 2.45) is 0 Å². The lowest BCUT2D eigenvalue weighted by atomic mass is 10.00. The van der Waals surface area contributed by atoms with Crippen molar-refractivity contribution in [3.63, 3.8) is 0 Å². The summed E-state index contributed by atoms with van der Waals surface area (Å²) < 4.78 is 5.17. The predicted octanol–water partition coefficient (Wildman–Crippen LogP) is 4.67. The van der Waals surface area contributed by atoms with E-state index >= 15 is 0 Å². The normalized spacial score (nSPS) is 13.4. The zero-order valence-corrected chi connectivity index (χ0v) is 19.4. The topological polar surface area (TPSA) is 92.8 Å².